The summed E-state index contributed by atoms with van der Waals surface area (Å²) in [6, 6.07) is 7.57. The van der Waals surface area contributed by atoms with Gasteiger partial charge in [-0.15, -0.1) is 0 Å². The predicted octanol–water partition coefficient (Wildman–Crippen LogP) is 2.77. The van der Waals surface area contributed by atoms with Crippen LogP contribution in [0.5, 0.6) is 0 Å². The fraction of sp³-hybridized carbons (Fsp3) is 0.421. The third-order valence-corrected chi connectivity index (χ3v) is 5.08. The van der Waals surface area contributed by atoms with Crippen molar-refractivity contribution in [2.24, 2.45) is 0 Å². The third-order valence-electron chi connectivity index (χ3n) is 4.85. The van der Waals surface area contributed by atoms with Gasteiger partial charge in [0, 0.05) is 36.6 Å². The number of hydrogen-bond donors (Lipinski definition) is 1. The van der Waals surface area contributed by atoms with E-state index in [4.69, 9.17) is 16.4 Å². The number of rotatable bonds is 0. The molecule has 25 heavy (non-hydrogen) atoms. The number of nitrogens with zero attached hydrogens (tertiary/aromatic N) is 2. The Morgan fingerprint density at radius 3 is 2.84 bits per heavy atom. The van der Waals surface area contributed by atoms with Crippen LogP contribution in [0.25, 0.3) is 0 Å². The molecule has 5 nitrogen and oxygen atoms in total. The molecule has 1 atom stereocenters. The maximum absolute atomic E-state index is 12.5. The first-order valence-electron chi connectivity index (χ1n) is 8.62. The van der Waals surface area contributed by atoms with Crippen molar-refractivity contribution in [3.8, 4) is 11.8 Å². The largest absolute Gasteiger partial charge is 0.325 e. The highest BCUT2D eigenvalue weighted by atomic mass is 35.5. The van der Waals surface area contributed by atoms with Crippen molar-refractivity contribution in [3.05, 3.63) is 46.6 Å². The quantitative estimate of drug-likeness (QED) is 0.726. The van der Waals surface area contributed by atoms with Crippen molar-refractivity contribution >= 4 is 17.6 Å². The van der Waals surface area contributed by atoms with Gasteiger partial charge in [0.2, 0.25) is 0 Å². The summed E-state index contributed by atoms with van der Waals surface area (Å²) in [5, 5.41) is 0.666. The molecular formula is C19H20ClN3O2. The first kappa shape index (κ1) is 16.3. The number of benzene rings is 1. The molecule has 2 fully saturated rings. The summed E-state index contributed by atoms with van der Waals surface area (Å²) in [4.78, 5) is 22.1. The van der Waals surface area contributed by atoms with Gasteiger partial charge in [0.15, 0.2) is 0 Å². The van der Waals surface area contributed by atoms with Gasteiger partial charge in [0.1, 0.15) is 11.3 Å². The van der Waals surface area contributed by atoms with Gasteiger partial charge in [-0.1, -0.05) is 23.6 Å². The summed E-state index contributed by atoms with van der Waals surface area (Å²) < 4.78 is 0. The molecule has 130 valence electrons. The van der Waals surface area contributed by atoms with Crippen LogP contribution in [-0.4, -0.2) is 47.6 Å². The first-order chi connectivity index (χ1) is 12.1. The molecule has 3 heterocycles. The molecule has 3 aliphatic heterocycles. The highest BCUT2D eigenvalue weighted by Gasteiger charge is 2.44. The van der Waals surface area contributed by atoms with Crippen molar-refractivity contribution in [2.45, 2.75) is 24.9 Å². The van der Waals surface area contributed by atoms with Gasteiger partial charge < -0.3 is 9.80 Å². The van der Waals surface area contributed by atoms with Gasteiger partial charge in [0.05, 0.1) is 6.54 Å². The summed E-state index contributed by atoms with van der Waals surface area (Å²) in [5.41, 5.74) is 4.03. The van der Waals surface area contributed by atoms with Crippen LogP contribution in [-0.2, 0) is 4.84 Å². The van der Waals surface area contributed by atoms with Crippen molar-refractivity contribution in [1.82, 2.24) is 15.3 Å². The topological polar surface area (TPSA) is 44.8 Å². The molecule has 0 aliphatic carbocycles. The summed E-state index contributed by atoms with van der Waals surface area (Å²) >= 11 is 5.97. The van der Waals surface area contributed by atoms with Crippen molar-refractivity contribution < 1.29 is 9.63 Å². The maximum Gasteiger partial charge on any atom is 0.320 e. The minimum Gasteiger partial charge on any atom is -0.325 e. The second-order valence-electron chi connectivity index (χ2n) is 6.74. The molecule has 4 rings (SSSR count). The minimum absolute atomic E-state index is 0.129. The van der Waals surface area contributed by atoms with E-state index in [1.165, 1.54) is 0 Å². The number of likely N-dealkylation sites (tertiary alicyclic amines) is 2. The molecule has 3 aliphatic rings. The van der Waals surface area contributed by atoms with Gasteiger partial charge in [-0.3, -0.25) is 10.3 Å². The number of halogens is 1. The van der Waals surface area contributed by atoms with Crippen LogP contribution in [0.2, 0.25) is 5.02 Å². The summed E-state index contributed by atoms with van der Waals surface area (Å²) in [6.45, 7) is 3.02. The van der Waals surface area contributed by atoms with Crippen LogP contribution in [0.1, 0.15) is 24.8 Å². The van der Waals surface area contributed by atoms with Crippen LogP contribution in [0.15, 0.2) is 36.0 Å². The molecule has 1 unspecified atom stereocenters. The monoisotopic (exact) mass is 357 g/mol. The van der Waals surface area contributed by atoms with Crippen molar-refractivity contribution in [2.75, 3.05) is 26.2 Å². The minimum atomic E-state index is -0.465. The van der Waals surface area contributed by atoms with Gasteiger partial charge in [0.25, 0.3) is 0 Å². The van der Waals surface area contributed by atoms with E-state index in [1.54, 1.807) is 0 Å². The van der Waals surface area contributed by atoms with Crippen molar-refractivity contribution in [3.63, 3.8) is 0 Å². The number of amides is 2. The standard InChI is InChI=1S/C19H20ClN3O2/c20-16-5-3-4-15(12-16)6-7-17-13-19(25-21-17)8-11-23(14-19)18(24)22-9-1-2-10-22/h3-5,12-13,21H,1-2,8-11,14H2. The zero-order valence-corrected chi connectivity index (χ0v) is 14.7. The number of carbonyl (C=O) groups is 1. The zero-order chi connectivity index (χ0) is 17.3. The van der Waals surface area contributed by atoms with E-state index in [-0.39, 0.29) is 6.03 Å². The number of nitrogens with one attached hydrogen (secondary N) is 1. The van der Waals surface area contributed by atoms with Gasteiger partial charge in [-0.05, 0) is 43.0 Å². The fourth-order valence-corrected chi connectivity index (χ4v) is 3.71. The Hall–Kier alpha value is -2.16. The normalized spacial score (nSPS) is 24.9. The Bertz CT molecular complexity index is 776. The Kier molecular flexibility index (Phi) is 4.32. The number of hydrogen-bond acceptors (Lipinski definition) is 3. The Morgan fingerprint density at radius 1 is 1.20 bits per heavy atom. The molecule has 1 aromatic carbocycles. The van der Waals surface area contributed by atoms with Gasteiger partial charge in [-0.2, -0.15) is 0 Å². The average Bonchev–Trinajstić information content (AvgIpc) is 3.35. The number of allylic oxidation sites excluding steroid dienone is 1. The van der Waals surface area contributed by atoms with Gasteiger partial charge >= 0.3 is 6.03 Å². The Morgan fingerprint density at radius 2 is 2.04 bits per heavy atom. The third kappa shape index (κ3) is 3.46. The molecule has 1 N–H and O–H groups in total. The van der Waals surface area contributed by atoms with Crippen LogP contribution in [0, 0.1) is 11.8 Å². The van der Waals surface area contributed by atoms with Gasteiger partial charge in [-0.25, -0.2) is 4.79 Å². The summed E-state index contributed by atoms with van der Waals surface area (Å²) in [5.74, 6) is 6.16. The first-order valence-corrected chi connectivity index (χ1v) is 9.00. The predicted molar refractivity (Wildman–Crippen MR) is 95.8 cm³/mol. The SMILES string of the molecule is O=C(N1CCCC1)N1CCC2(C=C(C#Cc3cccc(Cl)c3)NO2)C1. The smallest absolute Gasteiger partial charge is 0.320 e. The molecule has 2 amide bonds. The molecule has 2 saturated heterocycles. The average molecular weight is 358 g/mol. The highest BCUT2D eigenvalue weighted by molar-refractivity contribution is 6.30. The van der Waals surface area contributed by atoms with E-state index >= 15 is 0 Å². The fourth-order valence-electron chi connectivity index (χ4n) is 3.52. The molecule has 1 spiro atoms. The second kappa shape index (κ2) is 6.62. The van der Waals surface area contributed by atoms with E-state index in [0.717, 1.165) is 43.6 Å². The molecule has 0 saturated carbocycles. The van der Waals surface area contributed by atoms with Crippen LogP contribution >= 0.6 is 11.6 Å². The molecular weight excluding hydrogens is 338 g/mol. The van der Waals surface area contributed by atoms with E-state index in [0.29, 0.717) is 18.1 Å². The molecule has 0 bridgehead atoms. The molecule has 0 radical (unpaired) electrons. The van der Waals surface area contributed by atoms with Crippen LogP contribution in [0.4, 0.5) is 4.79 Å². The van der Waals surface area contributed by atoms with E-state index in [9.17, 15) is 4.79 Å². The summed E-state index contributed by atoms with van der Waals surface area (Å²) in [7, 11) is 0. The number of carbonyl (C=O) groups excluding carboxylic acids is 1. The lowest BCUT2D eigenvalue weighted by atomic mass is 10.0. The van der Waals surface area contributed by atoms with Crippen LogP contribution < -0.4 is 5.48 Å². The van der Waals surface area contributed by atoms with Crippen LogP contribution in [0.3, 0.4) is 0 Å². The molecule has 1 aromatic rings. The number of urea groups is 1. The van der Waals surface area contributed by atoms with E-state index < -0.39 is 5.60 Å². The lowest BCUT2D eigenvalue weighted by Gasteiger charge is -2.25. The lowest BCUT2D eigenvalue weighted by Crippen LogP contribution is -2.43. The van der Waals surface area contributed by atoms with Crippen molar-refractivity contribution in [1.29, 1.82) is 0 Å². The molecule has 6 heteroatoms. The van der Waals surface area contributed by atoms with E-state index in [2.05, 4.69) is 17.3 Å². The maximum atomic E-state index is 12.5. The Balaban J connectivity index is 1.43. The van der Waals surface area contributed by atoms with E-state index in [1.807, 2.05) is 40.1 Å². The highest BCUT2D eigenvalue weighted by Crippen LogP contribution is 2.31. The zero-order valence-electron chi connectivity index (χ0n) is 13.9. The number of hydroxylamine groups is 1. The molecule has 0 aromatic heterocycles. The second-order valence-corrected chi connectivity index (χ2v) is 7.17. The summed E-state index contributed by atoms with van der Waals surface area (Å²) in [6.07, 6.45) is 4.99. The Labute approximate surface area is 152 Å². The lowest BCUT2D eigenvalue weighted by molar-refractivity contribution is -0.0299.